The van der Waals surface area contributed by atoms with Crippen molar-refractivity contribution in [2.24, 2.45) is 5.41 Å². The molecule has 1 saturated heterocycles. The Hall–Kier alpha value is -1.22. The third-order valence-corrected chi connectivity index (χ3v) is 3.34. The molecule has 0 radical (unpaired) electrons. The molecular weight excluding hydrogens is 205 g/mol. The highest BCUT2D eigenvalue weighted by Gasteiger charge is 2.36. The monoisotopic (exact) mass is 221 g/mol. The number of aryl methyl sites for hydroxylation is 1. The molecule has 1 aromatic carbocycles. The Morgan fingerprint density at radius 3 is 2.81 bits per heavy atom. The van der Waals surface area contributed by atoms with E-state index in [-0.39, 0.29) is 17.0 Å². The summed E-state index contributed by atoms with van der Waals surface area (Å²) < 4.78 is 13.1. The van der Waals surface area contributed by atoms with Gasteiger partial charge in [-0.25, -0.2) is 4.39 Å². The van der Waals surface area contributed by atoms with Crippen molar-refractivity contribution in [2.45, 2.75) is 20.3 Å². The molecule has 1 aliphatic heterocycles. The molecule has 0 aliphatic carbocycles. The summed E-state index contributed by atoms with van der Waals surface area (Å²) in [6.45, 7) is 5.24. The van der Waals surface area contributed by atoms with Crippen LogP contribution in [0.5, 0.6) is 0 Å². The van der Waals surface area contributed by atoms with E-state index in [1.807, 2.05) is 6.92 Å². The fourth-order valence-corrected chi connectivity index (χ4v) is 2.15. The molecule has 1 atom stereocenters. The van der Waals surface area contributed by atoms with E-state index in [0.29, 0.717) is 17.7 Å². The first-order valence-corrected chi connectivity index (χ1v) is 5.55. The van der Waals surface area contributed by atoms with Crippen LogP contribution in [-0.4, -0.2) is 18.9 Å². The van der Waals surface area contributed by atoms with Gasteiger partial charge in [-0.1, -0.05) is 6.92 Å². The van der Waals surface area contributed by atoms with E-state index < -0.39 is 0 Å². The zero-order chi connectivity index (χ0) is 11.8. The molecule has 0 spiro atoms. The highest BCUT2D eigenvalue weighted by atomic mass is 19.1. The smallest absolute Gasteiger partial charge is 0.170 e. The lowest BCUT2D eigenvalue weighted by Gasteiger charge is -2.21. The summed E-state index contributed by atoms with van der Waals surface area (Å²) in [7, 11) is 0. The van der Waals surface area contributed by atoms with Crippen molar-refractivity contribution in [3.63, 3.8) is 0 Å². The van der Waals surface area contributed by atoms with E-state index in [1.165, 1.54) is 6.07 Å². The van der Waals surface area contributed by atoms with Crippen LogP contribution in [0.15, 0.2) is 18.2 Å². The second-order valence-corrected chi connectivity index (χ2v) is 4.78. The van der Waals surface area contributed by atoms with Crippen LogP contribution in [0, 0.1) is 18.2 Å². The zero-order valence-corrected chi connectivity index (χ0v) is 9.64. The molecule has 86 valence electrons. The number of Topliss-reactive ketones (excluding diaryl/α,β-unsaturated/α-hetero) is 1. The van der Waals surface area contributed by atoms with Crippen LogP contribution in [0.3, 0.4) is 0 Å². The molecule has 16 heavy (non-hydrogen) atoms. The van der Waals surface area contributed by atoms with Gasteiger partial charge in [-0.2, -0.15) is 0 Å². The highest BCUT2D eigenvalue weighted by Crippen LogP contribution is 2.29. The molecule has 0 aromatic heterocycles. The topological polar surface area (TPSA) is 29.1 Å². The van der Waals surface area contributed by atoms with Crippen molar-refractivity contribution in [1.29, 1.82) is 0 Å². The van der Waals surface area contributed by atoms with Crippen molar-refractivity contribution in [3.05, 3.63) is 35.1 Å². The molecule has 1 aliphatic rings. The van der Waals surface area contributed by atoms with E-state index in [9.17, 15) is 9.18 Å². The molecule has 2 rings (SSSR count). The fraction of sp³-hybridized carbons (Fsp3) is 0.462. The summed E-state index contributed by atoms with van der Waals surface area (Å²) in [5, 5.41) is 3.19. The maximum absolute atomic E-state index is 13.1. The maximum atomic E-state index is 13.1. The summed E-state index contributed by atoms with van der Waals surface area (Å²) in [5.41, 5.74) is 0.815. The second-order valence-electron chi connectivity index (χ2n) is 4.78. The minimum absolute atomic E-state index is 0.112. The minimum Gasteiger partial charge on any atom is -0.316 e. The normalized spacial score (nSPS) is 24.7. The summed E-state index contributed by atoms with van der Waals surface area (Å²) in [4.78, 5) is 12.3. The Balaban J connectivity index is 2.30. The second kappa shape index (κ2) is 3.98. The number of halogens is 1. The average Bonchev–Trinajstić information content (AvgIpc) is 2.70. The SMILES string of the molecule is Cc1cc(C(=O)C2(C)CCNC2)ccc1F. The molecule has 1 fully saturated rings. The lowest BCUT2D eigenvalue weighted by molar-refractivity contribution is 0.0839. The minimum atomic E-state index is -0.329. The van der Waals surface area contributed by atoms with Gasteiger partial charge in [0, 0.05) is 17.5 Å². The van der Waals surface area contributed by atoms with Crippen molar-refractivity contribution >= 4 is 5.78 Å². The summed E-state index contributed by atoms with van der Waals surface area (Å²) >= 11 is 0. The zero-order valence-electron chi connectivity index (χ0n) is 9.64. The van der Waals surface area contributed by atoms with E-state index in [0.717, 1.165) is 13.0 Å². The Morgan fingerprint density at radius 2 is 2.25 bits per heavy atom. The van der Waals surface area contributed by atoms with Gasteiger partial charge in [-0.05, 0) is 43.7 Å². The highest BCUT2D eigenvalue weighted by molar-refractivity contribution is 6.00. The van der Waals surface area contributed by atoms with Gasteiger partial charge in [0.1, 0.15) is 5.82 Å². The lowest BCUT2D eigenvalue weighted by Crippen LogP contribution is -2.30. The van der Waals surface area contributed by atoms with Crippen LogP contribution in [0.2, 0.25) is 0 Å². The molecule has 1 aromatic rings. The van der Waals surface area contributed by atoms with Gasteiger partial charge in [-0.3, -0.25) is 4.79 Å². The van der Waals surface area contributed by atoms with Gasteiger partial charge in [0.15, 0.2) is 5.78 Å². The van der Waals surface area contributed by atoms with Crippen molar-refractivity contribution in [1.82, 2.24) is 5.32 Å². The summed E-state index contributed by atoms with van der Waals surface area (Å²) in [6.07, 6.45) is 0.849. The Morgan fingerprint density at radius 1 is 1.50 bits per heavy atom. The van der Waals surface area contributed by atoms with E-state index >= 15 is 0 Å². The standard InChI is InChI=1S/C13H16FNO/c1-9-7-10(3-4-11(9)14)12(16)13(2)5-6-15-8-13/h3-4,7,15H,5-6,8H2,1-2H3. The molecule has 1 heterocycles. The molecule has 2 nitrogen and oxygen atoms in total. The Kier molecular flexibility index (Phi) is 2.80. The molecule has 0 bridgehead atoms. The lowest BCUT2D eigenvalue weighted by atomic mass is 9.81. The van der Waals surface area contributed by atoms with Gasteiger partial charge in [-0.15, -0.1) is 0 Å². The summed E-state index contributed by atoms with van der Waals surface area (Å²) in [6, 6.07) is 4.59. The average molecular weight is 221 g/mol. The number of nitrogens with one attached hydrogen (secondary N) is 1. The third kappa shape index (κ3) is 1.87. The molecular formula is C13H16FNO. The van der Waals surface area contributed by atoms with Crippen LogP contribution in [0.25, 0.3) is 0 Å². The van der Waals surface area contributed by atoms with Crippen molar-refractivity contribution in [3.8, 4) is 0 Å². The van der Waals surface area contributed by atoms with Crippen LogP contribution in [-0.2, 0) is 0 Å². The van der Waals surface area contributed by atoms with E-state index in [4.69, 9.17) is 0 Å². The van der Waals surface area contributed by atoms with Crippen molar-refractivity contribution < 1.29 is 9.18 Å². The predicted octanol–water partition coefficient (Wildman–Crippen LogP) is 2.32. The number of ketones is 1. The number of carbonyl (C=O) groups excluding carboxylic acids is 1. The predicted molar refractivity (Wildman–Crippen MR) is 61.1 cm³/mol. The molecule has 3 heteroatoms. The van der Waals surface area contributed by atoms with Crippen LogP contribution >= 0.6 is 0 Å². The Bertz CT molecular complexity index is 422. The van der Waals surface area contributed by atoms with E-state index in [2.05, 4.69) is 5.32 Å². The summed E-state index contributed by atoms with van der Waals surface area (Å²) in [5.74, 6) is -0.146. The first kappa shape index (κ1) is 11.3. The van der Waals surface area contributed by atoms with Crippen molar-refractivity contribution in [2.75, 3.05) is 13.1 Å². The molecule has 1 N–H and O–H groups in total. The van der Waals surface area contributed by atoms with Crippen LogP contribution in [0.4, 0.5) is 4.39 Å². The van der Waals surface area contributed by atoms with E-state index in [1.54, 1.807) is 19.1 Å². The van der Waals surface area contributed by atoms with Gasteiger partial charge in [0.2, 0.25) is 0 Å². The molecule has 0 amide bonds. The van der Waals surface area contributed by atoms with Gasteiger partial charge in [0.25, 0.3) is 0 Å². The number of hydrogen-bond acceptors (Lipinski definition) is 2. The molecule has 0 saturated carbocycles. The number of carbonyl (C=O) groups is 1. The van der Waals surface area contributed by atoms with Crippen LogP contribution < -0.4 is 5.32 Å². The Labute approximate surface area is 94.9 Å². The first-order valence-electron chi connectivity index (χ1n) is 5.55. The third-order valence-electron chi connectivity index (χ3n) is 3.34. The number of benzene rings is 1. The number of rotatable bonds is 2. The van der Waals surface area contributed by atoms with Gasteiger partial charge < -0.3 is 5.32 Å². The largest absolute Gasteiger partial charge is 0.316 e. The number of hydrogen-bond donors (Lipinski definition) is 1. The quantitative estimate of drug-likeness (QED) is 0.776. The fourth-order valence-electron chi connectivity index (χ4n) is 2.15. The molecule has 1 unspecified atom stereocenters. The van der Waals surface area contributed by atoms with Gasteiger partial charge in [0.05, 0.1) is 0 Å². The first-order chi connectivity index (χ1) is 7.53. The maximum Gasteiger partial charge on any atom is 0.170 e. The van der Waals surface area contributed by atoms with Crippen LogP contribution in [0.1, 0.15) is 29.3 Å². The van der Waals surface area contributed by atoms with Gasteiger partial charge >= 0.3 is 0 Å².